The topological polar surface area (TPSA) is 32.3 Å². The summed E-state index contributed by atoms with van der Waals surface area (Å²) < 4.78 is 0. The fraction of sp³-hybridized carbons (Fsp3) is 0.333. The zero-order chi connectivity index (χ0) is 8.81. The summed E-state index contributed by atoms with van der Waals surface area (Å²) in [4.78, 5) is 2.52. The first-order valence-electron chi connectivity index (χ1n) is 3.87. The van der Waals surface area contributed by atoms with E-state index in [1.54, 1.807) is 0 Å². The van der Waals surface area contributed by atoms with Crippen LogP contribution >= 0.6 is 11.8 Å². The highest BCUT2D eigenvalue weighted by Gasteiger charge is 2.04. The normalized spacial score (nSPS) is 12.8. The minimum absolute atomic E-state index is 0.0540. The summed E-state index contributed by atoms with van der Waals surface area (Å²) in [5, 5.41) is 8.84. The molecule has 0 aliphatic carbocycles. The third-order valence-corrected chi connectivity index (χ3v) is 2.01. The summed E-state index contributed by atoms with van der Waals surface area (Å²) in [5.74, 6) is 0. The number of hydrogen-bond acceptors (Lipinski definition) is 2. The average Bonchev–Trinajstić information content (AvgIpc) is 2.16. The molecule has 2 nitrogen and oxygen atoms in total. The van der Waals surface area contributed by atoms with Crippen LogP contribution in [0.15, 0.2) is 30.3 Å². The fourth-order valence-corrected chi connectivity index (χ4v) is 1.18. The predicted octanol–water partition coefficient (Wildman–Crippen LogP) is 1.33. The van der Waals surface area contributed by atoms with E-state index in [0.29, 0.717) is 0 Å². The second-order valence-electron chi connectivity index (χ2n) is 2.68. The molecule has 12 heavy (non-hydrogen) atoms. The monoisotopic (exact) mass is 185 g/mol. The van der Waals surface area contributed by atoms with Gasteiger partial charge in [-0.2, -0.15) is 0 Å². The van der Waals surface area contributed by atoms with Crippen molar-refractivity contribution in [1.82, 2.24) is 4.84 Å². The van der Waals surface area contributed by atoms with E-state index in [4.69, 9.17) is 16.9 Å². The lowest BCUT2D eigenvalue weighted by atomic mass is 10.1. The second-order valence-corrected chi connectivity index (χ2v) is 2.90. The minimum atomic E-state index is -0.0610. The molecule has 0 aliphatic heterocycles. The third kappa shape index (κ3) is 2.81. The molecule has 0 aliphatic rings. The first-order valence-corrected chi connectivity index (χ1v) is 4.25. The number of aliphatic hydroxyl groups is 1. The highest BCUT2D eigenvalue weighted by Crippen LogP contribution is 2.02. The maximum Gasteiger partial charge on any atom is 0.0600 e. The van der Waals surface area contributed by atoms with Gasteiger partial charge >= 0.3 is 0 Å². The van der Waals surface area contributed by atoms with Gasteiger partial charge in [0, 0.05) is 6.04 Å². The van der Waals surface area contributed by atoms with Gasteiger partial charge in [-0.1, -0.05) is 30.3 Å². The summed E-state index contributed by atoms with van der Waals surface area (Å²) in [6, 6.07) is 9.86. The Labute approximate surface area is 77.3 Å². The van der Waals surface area contributed by atoms with Crippen LogP contribution in [0.4, 0.5) is 0 Å². The average molecular weight is 186 g/mol. The molecule has 0 heterocycles. The van der Waals surface area contributed by atoms with Gasteiger partial charge in [0.1, 0.15) is 0 Å². The van der Waals surface area contributed by atoms with Crippen molar-refractivity contribution in [3.8, 4) is 0 Å². The molecule has 0 amide bonds. The van der Waals surface area contributed by atoms with Gasteiger partial charge < -0.3 is 5.11 Å². The molecular weight excluding hydrogens is 174 g/mol. The molecule has 0 saturated heterocycles. The van der Waals surface area contributed by atoms with Crippen LogP contribution in [0, 0.1) is 0 Å². The van der Waals surface area contributed by atoms with Crippen LogP contribution < -0.4 is 4.84 Å². The molecular formula is C9H12ClNO. The zero-order valence-corrected chi connectivity index (χ0v) is 7.46. The molecule has 0 spiro atoms. The van der Waals surface area contributed by atoms with Crippen molar-refractivity contribution in [3.05, 3.63) is 35.9 Å². The summed E-state index contributed by atoms with van der Waals surface area (Å²) >= 11 is 5.41. The number of hydrogen-bond donors (Lipinski definition) is 2. The maximum absolute atomic E-state index is 8.84. The summed E-state index contributed by atoms with van der Waals surface area (Å²) in [6.07, 6.45) is 0.751. The Hall–Kier alpha value is -0.570. The third-order valence-electron chi connectivity index (χ3n) is 1.70. The van der Waals surface area contributed by atoms with E-state index in [0.717, 1.165) is 6.42 Å². The molecule has 1 rings (SSSR count). The van der Waals surface area contributed by atoms with Crippen LogP contribution in [0.3, 0.4) is 0 Å². The maximum atomic E-state index is 8.84. The van der Waals surface area contributed by atoms with Crippen molar-refractivity contribution in [1.29, 1.82) is 0 Å². The van der Waals surface area contributed by atoms with Gasteiger partial charge in [-0.3, -0.25) is 0 Å². The van der Waals surface area contributed by atoms with Crippen LogP contribution in [0.2, 0.25) is 0 Å². The number of benzene rings is 1. The van der Waals surface area contributed by atoms with Gasteiger partial charge in [-0.15, -0.1) is 0 Å². The lowest BCUT2D eigenvalue weighted by Crippen LogP contribution is -2.27. The molecule has 0 radical (unpaired) electrons. The molecule has 3 heteroatoms. The van der Waals surface area contributed by atoms with Crippen LogP contribution in [-0.4, -0.2) is 17.8 Å². The zero-order valence-electron chi connectivity index (χ0n) is 6.70. The Balaban J connectivity index is 2.51. The minimum Gasteiger partial charge on any atom is -0.395 e. The summed E-state index contributed by atoms with van der Waals surface area (Å²) in [7, 11) is 0. The van der Waals surface area contributed by atoms with E-state index in [-0.39, 0.29) is 12.6 Å². The van der Waals surface area contributed by atoms with Crippen molar-refractivity contribution in [2.45, 2.75) is 12.5 Å². The number of aliphatic hydroxyl groups excluding tert-OH is 1. The molecule has 1 aromatic carbocycles. The molecule has 1 aromatic rings. The number of nitrogens with one attached hydrogen (secondary N) is 1. The molecule has 0 aromatic heterocycles. The quantitative estimate of drug-likeness (QED) is 0.694. The molecule has 2 N–H and O–H groups in total. The molecule has 0 fully saturated rings. The molecule has 66 valence electrons. The van der Waals surface area contributed by atoms with Gasteiger partial charge in [-0.25, -0.2) is 4.84 Å². The van der Waals surface area contributed by atoms with Crippen molar-refractivity contribution >= 4 is 11.8 Å². The van der Waals surface area contributed by atoms with E-state index in [1.807, 2.05) is 30.3 Å². The fourth-order valence-electron chi connectivity index (χ4n) is 1.04. The lowest BCUT2D eigenvalue weighted by Gasteiger charge is -2.10. The second kappa shape index (κ2) is 5.14. The van der Waals surface area contributed by atoms with E-state index in [2.05, 4.69) is 4.84 Å². The van der Waals surface area contributed by atoms with Crippen LogP contribution in [0.1, 0.15) is 5.56 Å². The Morgan fingerprint density at radius 2 is 2.00 bits per heavy atom. The molecule has 0 saturated carbocycles. The lowest BCUT2D eigenvalue weighted by molar-refractivity contribution is 0.257. The smallest absolute Gasteiger partial charge is 0.0600 e. The molecule has 0 bridgehead atoms. The first kappa shape index (κ1) is 9.52. The van der Waals surface area contributed by atoms with E-state index in [1.165, 1.54) is 5.56 Å². The first-order chi connectivity index (χ1) is 5.86. The van der Waals surface area contributed by atoms with Crippen molar-refractivity contribution in [2.24, 2.45) is 0 Å². The van der Waals surface area contributed by atoms with Gasteiger partial charge in [0.15, 0.2) is 0 Å². The van der Waals surface area contributed by atoms with Gasteiger partial charge in [-0.05, 0) is 23.8 Å². The Morgan fingerprint density at radius 1 is 1.33 bits per heavy atom. The van der Waals surface area contributed by atoms with Crippen LogP contribution in [0.25, 0.3) is 0 Å². The largest absolute Gasteiger partial charge is 0.395 e. The number of halogens is 1. The van der Waals surface area contributed by atoms with E-state index in [9.17, 15) is 0 Å². The van der Waals surface area contributed by atoms with E-state index >= 15 is 0 Å². The molecule has 1 atom stereocenters. The standard InChI is InChI=1S/C9H12ClNO/c10-11-9(7-12)6-8-4-2-1-3-5-8/h1-5,9,11-12H,6-7H2. The Kier molecular flexibility index (Phi) is 4.08. The van der Waals surface area contributed by atoms with Crippen molar-refractivity contribution in [3.63, 3.8) is 0 Å². The Bertz CT molecular complexity index is 211. The van der Waals surface area contributed by atoms with Crippen LogP contribution in [0.5, 0.6) is 0 Å². The van der Waals surface area contributed by atoms with Crippen molar-refractivity contribution in [2.75, 3.05) is 6.61 Å². The van der Waals surface area contributed by atoms with Gasteiger partial charge in [0.2, 0.25) is 0 Å². The number of rotatable bonds is 4. The summed E-state index contributed by atoms with van der Waals surface area (Å²) in [6.45, 7) is 0.0540. The molecule has 1 unspecified atom stereocenters. The SMILES string of the molecule is OCC(Cc1ccccc1)NCl. The highest BCUT2D eigenvalue weighted by atomic mass is 35.5. The van der Waals surface area contributed by atoms with Gasteiger partial charge in [0.05, 0.1) is 6.61 Å². The van der Waals surface area contributed by atoms with Crippen LogP contribution in [-0.2, 0) is 6.42 Å². The van der Waals surface area contributed by atoms with Gasteiger partial charge in [0.25, 0.3) is 0 Å². The van der Waals surface area contributed by atoms with Crippen molar-refractivity contribution < 1.29 is 5.11 Å². The Morgan fingerprint density at radius 3 is 2.50 bits per heavy atom. The van der Waals surface area contributed by atoms with E-state index < -0.39 is 0 Å². The highest BCUT2D eigenvalue weighted by molar-refractivity contribution is 6.13. The summed E-state index contributed by atoms with van der Waals surface area (Å²) in [5.41, 5.74) is 1.17. The predicted molar refractivity (Wildman–Crippen MR) is 50.0 cm³/mol.